The first-order valence-corrected chi connectivity index (χ1v) is 10.9. The second-order valence-corrected chi connectivity index (χ2v) is 9.13. The Balaban J connectivity index is 1.73. The molecule has 1 aromatic rings. The summed E-state index contributed by atoms with van der Waals surface area (Å²) in [6.45, 7) is 0.628. The van der Waals surface area contributed by atoms with E-state index in [9.17, 15) is 26.7 Å². The molecule has 0 aromatic carbocycles. The Labute approximate surface area is 161 Å². The van der Waals surface area contributed by atoms with Gasteiger partial charge in [-0.15, -0.1) is 0 Å². The van der Waals surface area contributed by atoms with Crippen LogP contribution >= 0.6 is 0 Å². The highest BCUT2D eigenvalue weighted by Crippen LogP contribution is 2.37. The molecule has 2 atom stereocenters. The Bertz CT molecular complexity index is 798. The van der Waals surface area contributed by atoms with E-state index in [4.69, 9.17) is 4.74 Å². The summed E-state index contributed by atoms with van der Waals surface area (Å²) in [5, 5.41) is 12.8. The van der Waals surface area contributed by atoms with E-state index in [-0.39, 0.29) is 12.0 Å². The van der Waals surface area contributed by atoms with Crippen LogP contribution in [0.25, 0.3) is 0 Å². The quantitative estimate of drug-likeness (QED) is 0.740. The van der Waals surface area contributed by atoms with Gasteiger partial charge in [-0.3, -0.25) is 0 Å². The van der Waals surface area contributed by atoms with Gasteiger partial charge >= 0.3 is 6.18 Å². The first-order valence-electron chi connectivity index (χ1n) is 9.04. The van der Waals surface area contributed by atoms with Gasteiger partial charge in [0.15, 0.2) is 0 Å². The van der Waals surface area contributed by atoms with Gasteiger partial charge in [0.1, 0.15) is 11.7 Å². The minimum atomic E-state index is -4.68. The van der Waals surface area contributed by atoms with Gasteiger partial charge in [0.25, 0.3) is 0 Å². The van der Waals surface area contributed by atoms with Crippen LogP contribution in [0.5, 0.6) is 5.88 Å². The van der Waals surface area contributed by atoms with Crippen LogP contribution in [0.4, 0.5) is 19.1 Å². The van der Waals surface area contributed by atoms with Gasteiger partial charge in [0, 0.05) is 25.3 Å². The zero-order valence-electron chi connectivity index (χ0n) is 15.3. The molecule has 28 heavy (non-hydrogen) atoms. The molecule has 0 bridgehead atoms. The van der Waals surface area contributed by atoms with Crippen LogP contribution in [-0.2, 0) is 16.2 Å². The molecule has 1 aliphatic carbocycles. The number of anilines is 1. The molecule has 158 valence electrons. The van der Waals surface area contributed by atoms with E-state index in [2.05, 4.69) is 15.3 Å². The normalized spacial score (nSPS) is 25.0. The molecule has 1 saturated carbocycles. The zero-order chi connectivity index (χ0) is 20.5. The van der Waals surface area contributed by atoms with Crippen molar-refractivity contribution in [1.82, 2.24) is 14.3 Å². The molecule has 8 nitrogen and oxygen atoms in total. The number of hydrogen-bond acceptors (Lipinski definition) is 7. The molecular formula is C16H23F3N4O4S. The summed E-state index contributed by atoms with van der Waals surface area (Å²) >= 11 is 0. The van der Waals surface area contributed by atoms with Gasteiger partial charge in [0.2, 0.25) is 21.9 Å². The van der Waals surface area contributed by atoms with Crippen molar-refractivity contribution in [3.63, 3.8) is 0 Å². The summed E-state index contributed by atoms with van der Waals surface area (Å²) in [4.78, 5) is 7.64. The van der Waals surface area contributed by atoms with Crippen LogP contribution in [0.1, 0.15) is 37.7 Å². The molecule has 1 aromatic heterocycles. The Morgan fingerprint density at radius 2 is 1.93 bits per heavy atom. The summed E-state index contributed by atoms with van der Waals surface area (Å²) in [5.74, 6) is -0.627. The fourth-order valence-electron chi connectivity index (χ4n) is 3.42. The molecule has 2 fully saturated rings. The SMILES string of the molecule is CS(=O)(=O)N1CCC(Nc2ncc(C(F)(F)F)c(O[C@@H]3CCC[C@@H]3O)n2)CC1. The smallest absolute Gasteiger partial charge is 0.423 e. The number of halogens is 3. The minimum absolute atomic E-state index is 0.0201. The Morgan fingerprint density at radius 3 is 2.46 bits per heavy atom. The van der Waals surface area contributed by atoms with Crippen molar-refractivity contribution < 1.29 is 31.4 Å². The number of nitrogens with zero attached hydrogens (tertiary/aromatic N) is 3. The second kappa shape index (κ2) is 7.99. The van der Waals surface area contributed by atoms with E-state index >= 15 is 0 Å². The number of hydrogen-bond donors (Lipinski definition) is 2. The molecule has 0 radical (unpaired) electrons. The summed E-state index contributed by atoms with van der Waals surface area (Å²) in [7, 11) is -3.26. The van der Waals surface area contributed by atoms with Crippen molar-refractivity contribution in [2.24, 2.45) is 0 Å². The maximum absolute atomic E-state index is 13.3. The maximum Gasteiger partial charge on any atom is 0.423 e. The largest absolute Gasteiger partial charge is 0.471 e. The van der Waals surface area contributed by atoms with Gasteiger partial charge in [0.05, 0.1) is 12.4 Å². The summed E-state index contributed by atoms with van der Waals surface area (Å²) < 4.78 is 69.6. The molecule has 0 amide bonds. The average Bonchev–Trinajstić information content (AvgIpc) is 2.98. The van der Waals surface area contributed by atoms with E-state index < -0.39 is 39.9 Å². The molecule has 2 heterocycles. The van der Waals surface area contributed by atoms with Crippen LogP contribution in [-0.4, -0.2) is 65.4 Å². The number of alkyl halides is 3. The van der Waals surface area contributed by atoms with Crippen LogP contribution < -0.4 is 10.1 Å². The number of aliphatic hydroxyl groups excluding tert-OH is 1. The summed E-state index contributed by atoms with van der Waals surface area (Å²) in [5.41, 5.74) is -1.09. The number of ether oxygens (including phenoxy) is 1. The summed E-state index contributed by atoms with van der Waals surface area (Å²) in [6, 6.07) is -0.167. The number of aromatic nitrogens is 2. The lowest BCUT2D eigenvalue weighted by atomic mass is 10.1. The summed E-state index contributed by atoms with van der Waals surface area (Å²) in [6.07, 6.45) is -1.88. The van der Waals surface area contributed by atoms with Crippen molar-refractivity contribution in [1.29, 1.82) is 0 Å². The predicted octanol–water partition coefficient (Wildman–Crippen LogP) is 1.62. The lowest BCUT2D eigenvalue weighted by Crippen LogP contribution is -2.42. The highest BCUT2D eigenvalue weighted by Gasteiger charge is 2.38. The molecular weight excluding hydrogens is 401 g/mol. The van der Waals surface area contributed by atoms with Gasteiger partial charge in [-0.2, -0.15) is 18.2 Å². The van der Waals surface area contributed by atoms with E-state index in [0.29, 0.717) is 51.4 Å². The number of nitrogens with one attached hydrogen (secondary N) is 1. The zero-order valence-corrected chi connectivity index (χ0v) is 16.1. The highest BCUT2D eigenvalue weighted by atomic mass is 32.2. The molecule has 1 aliphatic heterocycles. The van der Waals surface area contributed by atoms with E-state index in [1.165, 1.54) is 4.31 Å². The fourth-order valence-corrected chi connectivity index (χ4v) is 4.30. The van der Waals surface area contributed by atoms with E-state index in [1.807, 2.05) is 0 Å². The lowest BCUT2D eigenvalue weighted by molar-refractivity contribution is -0.140. The fraction of sp³-hybridized carbons (Fsp3) is 0.750. The van der Waals surface area contributed by atoms with Gasteiger partial charge in [-0.1, -0.05) is 0 Å². The van der Waals surface area contributed by atoms with Crippen molar-refractivity contribution >= 4 is 16.0 Å². The van der Waals surface area contributed by atoms with E-state index in [1.54, 1.807) is 0 Å². The first kappa shape index (κ1) is 21.1. The number of aliphatic hydroxyl groups is 1. The van der Waals surface area contributed by atoms with Crippen molar-refractivity contribution in [2.45, 2.75) is 56.5 Å². The van der Waals surface area contributed by atoms with Gasteiger partial charge in [-0.25, -0.2) is 17.7 Å². The third kappa shape index (κ3) is 5.03. The number of piperidine rings is 1. The van der Waals surface area contributed by atoms with Crippen molar-refractivity contribution in [3.8, 4) is 5.88 Å². The highest BCUT2D eigenvalue weighted by molar-refractivity contribution is 7.88. The molecule has 3 rings (SSSR count). The maximum atomic E-state index is 13.3. The molecule has 1 saturated heterocycles. The standard InChI is InChI=1S/C16H23F3N4O4S/c1-28(25,26)23-7-5-10(6-8-23)21-15-20-9-11(16(17,18)19)14(22-15)27-13-4-2-3-12(13)24/h9-10,12-13,24H,2-8H2,1H3,(H,20,21,22)/t12-,13+/m0/s1. The first-order chi connectivity index (χ1) is 13.0. The van der Waals surface area contributed by atoms with Crippen molar-refractivity contribution in [2.75, 3.05) is 24.7 Å². The number of sulfonamides is 1. The number of rotatable bonds is 5. The topological polar surface area (TPSA) is 105 Å². The van der Waals surface area contributed by atoms with Crippen LogP contribution in [0.2, 0.25) is 0 Å². The molecule has 0 spiro atoms. The second-order valence-electron chi connectivity index (χ2n) is 7.15. The van der Waals surface area contributed by atoms with Crippen LogP contribution in [0.3, 0.4) is 0 Å². The predicted molar refractivity (Wildman–Crippen MR) is 94.4 cm³/mol. The van der Waals surface area contributed by atoms with Crippen LogP contribution in [0.15, 0.2) is 6.20 Å². The minimum Gasteiger partial charge on any atom is -0.471 e. The molecule has 2 aliphatic rings. The Hall–Kier alpha value is -1.66. The lowest BCUT2D eigenvalue weighted by Gasteiger charge is -2.30. The van der Waals surface area contributed by atoms with Gasteiger partial charge in [-0.05, 0) is 32.1 Å². The van der Waals surface area contributed by atoms with Crippen molar-refractivity contribution in [3.05, 3.63) is 11.8 Å². The van der Waals surface area contributed by atoms with E-state index in [0.717, 1.165) is 6.26 Å². The molecule has 12 heteroatoms. The third-order valence-electron chi connectivity index (χ3n) is 5.00. The molecule has 0 unspecified atom stereocenters. The van der Waals surface area contributed by atoms with Crippen LogP contribution in [0, 0.1) is 0 Å². The van der Waals surface area contributed by atoms with Gasteiger partial charge < -0.3 is 15.2 Å². The molecule has 2 N–H and O–H groups in total. The Morgan fingerprint density at radius 1 is 1.25 bits per heavy atom. The monoisotopic (exact) mass is 424 g/mol. The Kier molecular flexibility index (Phi) is 6.01. The third-order valence-corrected chi connectivity index (χ3v) is 6.30. The average molecular weight is 424 g/mol.